The van der Waals surface area contributed by atoms with Crippen LogP contribution < -0.4 is 9.62 Å². The fourth-order valence-corrected chi connectivity index (χ4v) is 6.49. The fraction of sp³-hybridized carbons (Fsp3) is 0.257. The monoisotopic (exact) mass is 631 g/mol. The molecule has 0 spiro atoms. The number of carbonyl (C=O) groups is 2. The Balaban J connectivity index is 1.82. The molecule has 0 saturated heterocycles. The van der Waals surface area contributed by atoms with Crippen molar-refractivity contribution in [3.8, 4) is 0 Å². The van der Waals surface area contributed by atoms with Gasteiger partial charge in [0.2, 0.25) is 11.8 Å². The number of amides is 2. The van der Waals surface area contributed by atoms with Gasteiger partial charge in [0.25, 0.3) is 10.0 Å². The summed E-state index contributed by atoms with van der Waals surface area (Å²) in [5.74, 6) is -0.842. The summed E-state index contributed by atoms with van der Waals surface area (Å²) in [5.41, 5.74) is 3.70. The molecule has 0 heterocycles. The molecule has 230 valence electrons. The van der Waals surface area contributed by atoms with Gasteiger partial charge < -0.3 is 10.2 Å². The van der Waals surface area contributed by atoms with Crippen molar-refractivity contribution >= 4 is 39.1 Å². The Morgan fingerprint density at radius 3 is 2.05 bits per heavy atom. The van der Waals surface area contributed by atoms with Gasteiger partial charge in [0.1, 0.15) is 12.6 Å². The van der Waals surface area contributed by atoms with Gasteiger partial charge in [-0.1, -0.05) is 90.5 Å². The molecular formula is C35H38ClN3O4S. The Kier molecular flexibility index (Phi) is 10.8. The van der Waals surface area contributed by atoms with E-state index in [2.05, 4.69) is 5.32 Å². The van der Waals surface area contributed by atoms with Crippen LogP contribution in [0.4, 0.5) is 5.69 Å². The number of carbonyl (C=O) groups excluding carboxylic acids is 2. The molecule has 0 radical (unpaired) electrons. The van der Waals surface area contributed by atoms with E-state index in [-0.39, 0.29) is 35.5 Å². The van der Waals surface area contributed by atoms with Gasteiger partial charge in [-0.3, -0.25) is 13.9 Å². The molecule has 1 N–H and O–H groups in total. The third-order valence-electron chi connectivity index (χ3n) is 7.36. The van der Waals surface area contributed by atoms with Gasteiger partial charge in [-0.25, -0.2) is 8.42 Å². The number of nitrogens with zero attached hydrogens (tertiary/aromatic N) is 2. The zero-order chi connectivity index (χ0) is 31.9. The predicted molar refractivity (Wildman–Crippen MR) is 176 cm³/mol. The lowest BCUT2D eigenvalue weighted by atomic mass is 10.0. The summed E-state index contributed by atoms with van der Waals surface area (Å²) in [5, 5.41) is 3.34. The van der Waals surface area contributed by atoms with Crippen molar-refractivity contribution in [1.82, 2.24) is 10.2 Å². The van der Waals surface area contributed by atoms with Crippen LogP contribution in [-0.4, -0.2) is 43.8 Å². The fourth-order valence-electron chi connectivity index (χ4n) is 4.89. The molecule has 0 aliphatic heterocycles. The van der Waals surface area contributed by atoms with Crippen LogP contribution in [0.25, 0.3) is 0 Å². The second kappa shape index (κ2) is 14.6. The summed E-state index contributed by atoms with van der Waals surface area (Å²) < 4.78 is 29.2. The molecule has 2 amide bonds. The summed E-state index contributed by atoms with van der Waals surface area (Å²) in [6.45, 7) is 7.06. The Morgan fingerprint density at radius 2 is 1.43 bits per heavy atom. The third kappa shape index (κ3) is 8.07. The van der Waals surface area contributed by atoms with E-state index in [1.807, 2.05) is 82.3 Å². The van der Waals surface area contributed by atoms with Crippen LogP contribution in [0.1, 0.15) is 36.1 Å². The summed E-state index contributed by atoms with van der Waals surface area (Å²) in [7, 11) is -4.19. The van der Waals surface area contributed by atoms with Crippen molar-refractivity contribution in [2.75, 3.05) is 10.8 Å². The molecule has 9 heteroatoms. The third-order valence-corrected chi connectivity index (χ3v) is 9.55. The standard InChI is InChI=1S/C35H38ClN3O4S/c1-25(2)37-35(41)33(21-28-14-7-5-8-15-28)38(23-29-16-12-11-13-26(29)3)34(40)24-39(30-20-19-27(4)32(36)22-30)44(42,43)31-17-9-6-10-18-31/h5-20,22,25,33H,21,23-24H2,1-4H3,(H,37,41)/t33-/m0/s1. The zero-order valence-electron chi connectivity index (χ0n) is 25.4. The van der Waals surface area contributed by atoms with E-state index in [4.69, 9.17) is 11.6 Å². The Morgan fingerprint density at radius 1 is 0.818 bits per heavy atom. The summed E-state index contributed by atoms with van der Waals surface area (Å²) in [4.78, 5) is 29.8. The SMILES string of the molecule is Cc1ccc(N(CC(=O)N(Cc2ccccc2C)[C@@H](Cc2ccccc2)C(=O)NC(C)C)S(=O)(=O)c2ccccc2)cc1Cl. The van der Waals surface area contributed by atoms with Gasteiger partial charge in [0, 0.05) is 24.0 Å². The maximum Gasteiger partial charge on any atom is 0.264 e. The molecule has 0 aliphatic carbocycles. The number of hydrogen-bond acceptors (Lipinski definition) is 4. The average Bonchev–Trinajstić information content (AvgIpc) is 3.00. The van der Waals surface area contributed by atoms with Crippen molar-refractivity contribution in [3.63, 3.8) is 0 Å². The minimum Gasteiger partial charge on any atom is -0.352 e. The Hall–Kier alpha value is -4.14. The van der Waals surface area contributed by atoms with E-state index >= 15 is 0 Å². The maximum atomic E-state index is 14.5. The van der Waals surface area contributed by atoms with Gasteiger partial charge in [0.05, 0.1) is 10.6 Å². The maximum absolute atomic E-state index is 14.5. The molecule has 0 aromatic heterocycles. The molecular weight excluding hydrogens is 594 g/mol. The van der Waals surface area contributed by atoms with E-state index in [1.54, 1.807) is 36.4 Å². The number of rotatable bonds is 12. The number of aryl methyl sites for hydroxylation is 2. The molecule has 0 unspecified atom stereocenters. The van der Waals surface area contributed by atoms with Crippen LogP contribution >= 0.6 is 11.6 Å². The first-order valence-corrected chi connectivity index (χ1v) is 16.3. The van der Waals surface area contributed by atoms with Crippen LogP contribution in [0.5, 0.6) is 0 Å². The van der Waals surface area contributed by atoms with E-state index in [0.717, 1.165) is 26.6 Å². The first kappa shape index (κ1) is 32.8. The van der Waals surface area contributed by atoms with Crippen LogP contribution in [0.3, 0.4) is 0 Å². The molecule has 0 aliphatic rings. The molecule has 4 aromatic carbocycles. The average molecular weight is 632 g/mol. The van der Waals surface area contributed by atoms with E-state index in [1.165, 1.54) is 17.0 Å². The lowest BCUT2D eigenvalue weighted by Gasteiger charge is -2.34. The summed E-state index contributed by atoms with van der Waals surface area (Å²) >= 11 is 6.44. The van der Waals surface area contributed by atoms with Crippen LogP contribution in [0.15, 0.2) is 108 Å². The molecule has 0 bridgehead atoms. The first-order chi connectivity index (χ1) is 21.0. The van der Waals surface area contributed by atoms with Gasteiger partial charge >= 0.3 is 0 Å². The lowest BCUT2D eigenvalue weighted by molar-refractivity contribution is -0.140. The molecule has 4 rings (SSSR count). The summed E-state index contributed by atoms with van der Waals surface area (Å²) in [6.07, 6.45) is 0.249. The first-order valence-electron chi connectivity index (χ1n) is 14.5. The van der Waals surface area contributed by atoms with Crippen molar-refractivity contribution in [3.05, 3.63) is 130 Å². The second-order valence-corrected chi connectivity index (χ2v) is 13.3. The second-order valence-electron chi connectivity index (χ2n) is 11.1. The minimum atomic E-state index is -4.19. The number of sulfonamides is 1. The van der Waals surface area contributed by atoms with Gasteiger partial charge in [-0.15, -0.1) is 0 Å². The molecule has 0 fully saturated rings. The van der Waals surface area contributed by atoms with Crippen LogP contribution in [0.2, 0.25) is 5.02 Å². The predicted octanol–water partition coefficient (Wildman–Crippen LogP) is 6.32. The van der Waals surface area contributed by atoms with E-state index in [0.29, 0.717) is 5.02 Å². The number of benzene rings is 4. The topological polar surface area (TPSA) is 86.8 Å². The number of halogens is 1. The largest absolute Gasteiger partial charge is 0.352 e. The molecule has 0 saturated carbocycles. The number of nitrogens with one attached hydrogen (secondary N) is 1. The Bertz CT molecular complexity index is 1700. The van der Waals surface area contributed by atoms with E-state index in [9.17, 15) is 18.0 Å². The molecule has 7 nitrogen and oxygen atoms in total. The van der Waals surface area contributed by atoms with Crippen molar-refractivity contribution < 1.29 is 18.0 Å². The molecule has 1 atom stereocenters. The van der Waals surface area contributed by atoms with E-state index < -0.39 is 28.5 Å². The van der Waals surface area contributed by atoms with Crippen molar-refractivity contribution in [2.24, 2.45) is 0 Å². The summed E-state index contributed by atoms with van der Waals surface area (Å²) in [6, 6.07) is 28.9. The normalized spacial score (nSPS) is 12.0. The minimum absolute atomic E-state index is 0.0355. The highest BCUT2D eigenvalue weighted by Crippen LogP contribution is 2.29. The van der Waals surface area contributed by atoms with Crippen molar-refractivity contribution in [2.45, 2.75) is 57.6 Å². The van der Waals surface area contributed by atoms with Crippen molar-refractivity contribution in [1.29, 1.82) is 0 Å². The highest BCUT2D eigenvalue weighted by atomic mass is 35.5. The molecule has 4 aromatic rings. The number of hydrogen-bond donors (Lipinski definition) is 1. The van der Waals surface area contributed by atoms with Crippen LogP contribution in [-0.2, 0) is 32.6 Å². The quantitative estimate of drug-likeness (QED) is 0.198. The smallest absolute Gasteiger partial charge is 0.264 e. The van der Waals surface area contributed by atoms with Gasteiger partial charge in [0.15, 0.2) is 0 Å². The zero-order valence-corrected chi connectivity index (χ0v) is 27.0. The van der Waals surface area contributed by atoms with Gasteiger partial charge in [-0.2, -0.15) is 0 Å². The highest BCUT2D eigenvalue weighted by Gasteiger charge is 2.35. The van der Waals surface area contributed by atoms with Crippen LogP contribution in [0, 0.1) is 13.8 Å². The molecule has 44 heavy (non-hydrogen) atoms. The Labute approximate surface area is 265 Å². The van der Waals surface area contributed by atoms with Gasteiger partial charge in [-0.05, 0) is 74.2 Å². The highest BCUT2D eigenvalue weighted by molar-refractivity contribution is 7.92. The number of anilines is 1. The lowest BCUT2D eigenvalue weighted by Crippen LogP contribution is -2.54.